The van der Waals surface area contributed by atoms with Crippen molar-refractivity contribution < 1.29 is 0 Å². The number of aromatic nitrogens is 3. The predicted octanol–water partition coefficient (Wildman–Crippen LogP) is 14.9. The summed E-state index contributed by atoms with van der Waals surface area (Å²) in [5, 5.41) is 0. The summed E-state index contributed by atoms with van der Waals surface area (Å²) in [5.41, 5.74) is 19.4. The Bertz CT molecular complexity index is 3280. The van der Waals surface area contributed by atoms with Crippen LogP contribution in [0, 0.1) is 0 Å². The molecule has 3 nitrogen and oxygen atoms in total. The van der Waals surface area contributed by atoms with Gasteiger partial charge in [-0.3, -0.25) is 0 Å². The highest BCUT2D eigenvalue weighted by Gasteiger charge is 2.53. The first-order chi connectivity index (χ1) is 31.5. The molecular formula is C61H43N3. The summed E-state index contributed by atoms with van der Waals surface area (Å²) in [4.78, 5) is 15.7. The second kappa shape index (κ2) is 14.8. The van der Waals surface area contributed by atoms with Gasteiger partial charge in [0, 0.05) is 22.1 Å². The van der Waals surface area contributed by atoms with Gasteiger partial charge in [-0.2, -0.15) is 0 Å². The van der Waals surface area contributed by atoms with Crippen LogP contribution in [-0.2, 0) is 10.8 Å². The second-order valence-electron chi connectivity index (χ2n) is 17.5. The Morgan fingerprint density at radius 3 is 1.23 bits per heavy atom. The molecule has 0 unspecified atom stereocenters. The number of nitrogens with zero attached hydrogens (tertiary/aromatic N) is 3. The Morgan fingerprint density at radius 2 is 0.656 bits per heavy atom. The van der Waals surface area contributed by atoms with E-state index in [0.717, 1.165) is 33.4 Å². The van der Waals surface area contributed by atoms with Crippen LogP contribution in [0.15, 0.2) is 224 Å². The summed E-state index contributed by atoms with van der Waals surface area (Å²) in [6.07, 6.45) is 0. The minimum Gasteiger partial charge on any atom is -0.208 e. The van der Waals surface area contributed by atoms with E-state index in [0.29, 0.717) is 17.5 Å². The summed E-state index contributed by atoms with van der Waals surface area (Å²) in [7, 11) is 0. The van der Waals surface area contributed by atoms with Crippen molar-refractivity contribution in [2.24, 2.45) is 0 Å². The van der Waals surface area contributed by atoms with Gasteiger partial charge < -0.3 is 0 Å². The van der Waals surface area contributed by atoms with Crippen LogP contribution in [-0.4, -0.2) is 15.0 Å². The lowest BCUT2D eigenvalue weighted by Crippen LogP contribution is -2.40. The maximum absolute atomic E-state index is 5.32. The quantitative estimate of drug-likeness (QED) is 0.168. The molecular weight excluding hydrogens is 775 g/mol. The third-order valence-corrected chi connectivity index (χ3v) is 13.6. The second-order valence-corrected chi connectivity index (χ2v) is 17.5. The number of rotatable bonds is 6. The molecule has 0 bridgehead atoms. The highest BCUT2D eigenvalue weighted by Crippen LogP contribution is 2.63. The largest absolute Gasteiger partial charge is 0.208 e. The van der Waals surface area contributed by atoms with Gasteiger partial charge in [0.15, 0.2) is 17.5 Å². The number of fused-ring (bicyclic) bond motifs is 9. The van der Waals surface area contributed by atoms with Crippen LogP contribution in [0.2, 0.25) is 0 Å². The molecule has 1 aromatic heterocycles. The molecule has 1 spiro atoms. The number of hydrogen-bond acceptors (Lipinski definition) is 3. The van der Waals surface area contributed by atoms with E-state index in [4.69, 9.17) is 15.0 Å². The van der Waals surface area contributed by atoms with Crippen molar-refractivity contribution in [1.29, 1.82) is 0 Å². The van der Waals surface area contributed by atoms with Crippen LogP contribution < -0.4 is 0 Å². The molecule has 0 fully saturated rings. The van der Waals surface area contributed by atoms with Crippen LogP contribution in [0.5, 0.6) is 0 Å². The maximum atomic E-state index is 5.32. The summed E-state index contributed by atoms with van der Waals surface area (Å²) >= 11 is 0. The lowest BCUT2D eigenvalue weighted by Gasteiger charge is -2.46. The molecule has 64 heavy (non-hydrogen) atoms. The molecule has 302 valence electrons. The van der Waals surface area contributed by atoms with E-state index in [1.165, 1.54) is 61.2 Å². The first-order valence-corrected chi connectivity index (χ1v) is 22.1. The van der Waals surface area contributed by atoms with E-state index in [1.807, 2.05) is 36.4 Å². The van der Waals surface area contributed by atoms with Crippen molar-refractivity contribution in [2.75, 3.05) is 0 Å². The lowest BCUT2D eigenvalue weighted by molar-refractivity contribution is 0.563. The fourth-order valence-electron chi connectivity index (χ4n) is 10.6. The van der Waals surface area contributed by atoms with Crippen molar-refractivity contribution in [2.45, 2.75) is 24.7 Å². The first kappa shape index (κ1) is 37.7. The van der Waals surface area contributed by atoms with E-state index in [1.54, 1.807) is 0 Å². The average Bonchev–Trinajstić information content (AvgIpc) is 3.67. The van der Waals surface area contributed by atoms with Crippen molar-refractivity contribution in [1.82, 2.24) is 15.0 Å². The van der Waals surface area contributed by atoms with Gasteiger partial charge in [0.05, 0.1) is 5.41 Å². The van der Waals surface area contributed by atoms with Gasteiger partial charge in [-0.15, -0.1) is 0 Å². The molecule has 9 aromatic carbocycles. The minimum atomic E-state index is -0.582. The van der Waals surface area contributed by atoms with Gasteiger partial charge in [0.2, 0.25) is 0 Å². The van der Waals surface area contributed by atoms with Gasteiger partial charge in [-0.25, -0.2) is 15.0 Å². The van der Waals surface area contributed by atoms with Crippen molar-refractivity contribution in [3.05, 3.63) is 258 Å². The molecule has 0 atom stereocenters. The Balaban J connectivity index is 1.10. The molecule has 0 saturated carbocycles. The van der Waals surface area contributed by atoms with E-state index in [-0.39, 0.29) is 5.41 Å². The normalized spacial score (nSPS) is 13.7. The minimum absolute atomic E-state index is 0.206. The third-order valence-electron chi connectivity index (χ3n) is 13.6. The predicted molar refractivity (Wildman–Crippen MR) is 262 cm³/mol. The van der Waals surface area contributed by atoms with Crippen LogP contribution in [0.3, 0.4) is 0 Å². The molecule has 2 aliphatic carbocycles. The molecule has 3 heteroatoms. The highest BCUT2D eigenvalue weighted by molar-refractivity contribution is 5.97. The van der Waals surface area contributed by atoms with E-state index >= 15 is 0 Å². The average molecular weight is 818 g/mol. The molecule has 2 aliphatic rings. The molecule has 0 amide bonds. The summed E-state index contributed by atoms with van der Waals surface area (Å²) in [6.45, 7) is 4.74. The molecule has 0 aliphatic heterocycles. The van der Waals surface area contributed by atoms with Gasteiger partial charge in [0.25, 0.3) is 0 Å². The molecule has 10 aromatic rings. The first-order valence-electron chi connectivity index (χ1n) is 22.1. The molecule has 0 saturated heterocycles. The lowest BCUT2D eigenvalue weighted by atomic mass is 9.55. The van der Waals surface area contributed by atoms with Crippen LogP contribution in [0.25, 0.3) is 78.7 Å². The Kier molecular flexibility index (Phi) is 8.74. The fourth-order valence-corrected chi connectivity index (χ4v) is 10.6. The zero-order valence-corrected chi connectivity index (χ0v) is 35.7. The number of hydrogen-bond donors (Lipinski definition) is 0. The smallest absolute Gasteiger partial charge is 0.164 e. The van der Waals surface area contributed by atoms with Crippen molar-refractivity contribution in [3.8, 4) is 78.7 Å². The third kappa shape index (κ3) is 5.85. The zero-order valence-electron chi connectivity index (χ0n) is 35.7. The Hall–Kier alpha value is -8.01. The van der Waals surface area contributed by atoms with Crippen molar-refractivity contribution in [3.63, 3.8) is 0 Å². The SMILES string of the molecule is CC1(C)c2ccccc2C2(c3ccc(-c4cccc(-c5ccc(-c6ccccc6)cc5)c4)cc3-c3c(-c4nc(-c5ccccc5)nc(-c5ccccc5)n4)cccc32)c2ccccc21. The Labute approximate surface area is 374 Å². The van der Waals surface area contributed by atoms with Crippen LogP contribution >= 0.6 is 0 Å². The number of benzene rings is 9. The fraction of sp³-hybridized carbons (Fsp3) is 0.0656. The van der Waals surface area contributed by atoms with Gasteiger partial charge in [-0.1, -0.05) is 226 Å². The van der Waals surface area contributed by atoms with E-state index in [9.17, 15) is 0 Å². The van der Waals surface area contributed by atoms with Gasteiger partial charge in [-0.05, 0) is 90.0 Å². The Morgan fingerprint density at radius 1 is 0.266 bits per heavy atom. The van der Waals surface area contributed by atoms with Crippen molar-refractivity contribution >= 4 is 0 Å². The molecule has 12 rings (SSSR count). The standard InChI is InChI=1S/C61H43N3/c1-60(2)51-27-12-14-29-53(51)61(54-30-15-13-28-52(54)60)50-37-36-47(46-25-16-24-45(38-46)42-34-32-41(33-35-42)40-18-6-3-7-19-40)39-49(50)56-48(26-17-31-55(56)61)59-63-57(43-20-8-4-9-21-43)62-58(64-59)44-22-10-5-11-23-44/h3-39H,1-2H3. The van der Waals surface area contributed by atoms with E-state index in [2.05, 4.69) is 202 Å². The molecule has 1 heterocycles. The van der Waals surface area contributed by atoms with Crippen LogP contribution in [0.1, 0.15) is 47.2 Å². The van der Waals surface area contributed by atoms with Gasteiger partial charge >= 0.3 is 0 Å². The highest BCUT2D eigenvalue weighted by atomic mass is 15.0. The van der Waals surface area contributed by atoms with Crippen LogP contribution in [0.4, 0.5) is 0 Å². The summed E-state index contributed by atoms with van der Waals surface area (Å²) in [6, 6.07) is 81.1. The molecule has 0 N–H and O–H groups in total. The van der Waals surface area contributed by atoms with Gasteiger partial charge in [0.1, 0.15) is 0 Å². The van der Waals surface area contributed by atoms with E-state index < -0.39 is 5.41 Å². The zero-order chi connectivity index (χ0) is 42.8. The molecule has 0 radical (unpaired) electrons. The summed E-state index contributed by atoms with van der Waals surface area (Å²) in [5.74, 6) is 1.94. The maximum Gasteiger partial charge on any atom is 0.164 e. The topological polar surface area (TPSA) is 38.7 Å². The summed E-state index contributed by atoms with van der Waals surface area (Å²) < 4.78 is 0. The monoisotopic (exact) mass is 817 g/mol.